The minimum atomic E-state index is -0.0262. The van der Waals surface area contributed by atoms with E-state index in [1.165, 1.54) is 0 Å². The molecule has 96 valence electrons. The molecule has 3 rings (SSSR count). The molecule has 0 radical (unpaired) electrons. The largest absolute Gasteiger partial charge is 0.484 e. The molecule has 2 aromatic rings. The summed E-state index contributed by atoms with van der Waals surface area (Å²) in [6.07, 6.45) is 1.88. The van der Waals surface area contributed by atoms with Crippen molar-refractivity contribution in [2.45, 2.75) is 19.1 Å². The predicted octanol–water partition coefficient (Wildman–Crippen LogP) is 4.61. The van der Waals surface area contributed by atoms with Crippen LogP contribution in [0.5, 0.6) is 5.75 Å². The van der Waals surface area contributed by atoms with Crippen LogP contribution in [-0.4, -0.2) is 6.21 Å². The van der Waals surface area contributed by atoms with E-state index in [9.17, 15) is 0 Å². The molecule has 1 aliphatic rings. The molecule has 1 heterocycles. The number of halogens is 1. The lowest BCUT2D eigenvalue weighted by Gasteiger charge is -2.16. The summed E-state index contributed by atoms with van der Waals surface area (Å²) < 4.78 is 5.91. The second-order valence-corrected chi connectivity index (χ2v) is 5.01. The van der Waals surface area contributed by atoms with Crippen molar-refractivity contribution in [3.63, 3.8) is 0 Å². The minimum Gasteiger partial charge on any atom is -0.484 e. The van der Waals surface area contributed by atoms with E-state index < -0.39 is 0 Å². The molecule has 0 aromatic heterocycles. The first-order valence-electron chi connectivity index (χ1n) is 6.28. The second kappa shape index (κ2) is 5.06. The minimum absolute atomic E-state index is 0.0262. The second-order valence-electron chi connectivity index (χ2n) is 4.60. The zero-order valence-corrected chi connectivity index (χ0v) is 11.3. The normalized spacial score (nSPS) is 18.1. The van der Waals surface area contributed by atoms with Crippen molar-refractivity contribution in [3.8, 4) is 5.75 Å². The zero-order chi connectivity index (χ0) is 13.2. The van der Waals surface area contributed by atoms with Gasteiger partial charge in [0, 0.05) is 6.21 Å². The molecule has 0 aliphatic carbocycles. The Bertz CT molecular complexity index is 603. The van der Waals surface area contributed by atoms with Crippen molar-refractivity contribution < 1.29 is 4.74 Å². The SMILES string of the molecule is C[C@H](Oc1ccc(C2C=N2)cc1Cl)c1ccccc1. The van der Waals surface area contributed by atoms with Gasteiger partial charge in [-0.1, -0.05) is 48.0 Å². The summed E-state index contributed by atoms with van der Waals surface area (Å²) in [6.45, 7) is 2.02. The van der Waals surface area contributed by atoms with Gasteiger partial charge in [-0.3, -0.25) is 4.99 Å². The average molecular weight is 272 g/mol. The number of ether oxygens (including phenoxy) is 1. The molecular formula is C16H14ClNO. The van der Waals surface area contributed by atoms with Crippen molar-refractivity contribution in [2.24, 2.45) is 4.99 Å². The number of nitrogens with zero attached hydrogens (tertiary/aromatic N) is 1. The number of rotatable bonds is 4. The summed E-state index contributed by atoms with van der Waals surface area (Å²) >= 11 is 6.25. The molecule has 19 heavy (non-hydrogen) atoms. The van der Waals surface area contributed by atoms with Gasteiger partial charge in [0.1, 0.15) is 17.9 Å². The van der Waals surface area contributed by atoms with Crippen LogP contribution in [0.4, 0.5) is 0 Å². The van der Waals surface area contributed by atoms with Gasteiger partial charge in [-0.25, -0.2) is 0 Å². The van der Waals surface area contributed by atoms with E-state index in [0.29, 0.717) is 10.8 Å². The van der Waals surface area contributed by atoms with E-state index in [1.54, 1.807) is 0 Å². The maximum atomic E-state index is 6.25. The van der Waals surface area contributed by atoms with Gasteiger partial charge >= 0.3 is 0 Å². The molecule has 2 nitrogen and oxygen atoms in total. The Kier molecular flexibility index (Phi) is 3.26. The van der Waals surface area contributed by atoms with Crippen LogP contribution in [0.1, 0.15) is 30.2 Å². The predicted molar refractivity (Wildman–Crippen MR) is 78.2 cm³/mol. The highest BCUT2D eigenvalue weighted by Crippen LogP contribution is 2.34. The fourth-order valence-corrected chi connectivity index (χ4v) is 2.23. The Labute approximate surface area is 117 Å². The molecule has 0 fully saturated rings. The number of benzene rings is 2. The van der Waals surface area contributed by atoms with Crippen LogP contribution < -0.4 is 4.74 Å². The summed E-state index contributed by atoms with van der Waals surface area (Å²) in [5.74, 6) is 0.711. The molecule has 2 atom stereocenters. The maximum absolute atomic E-state index is 6.25. The molecular weight excluding hydrogens is 258 g/mol. The van der Waals surface area contributed by atoms with E-state index in [1.807, 2.05) is 61.7 Å². The molecule has 0 N–H and O–H groups in total. The number of hydrogen-bond donors (Lipinski definition) is 0. The van der Waals surface area contributed by atoms with Gasteiger partial charge in [-0.05, 0) is 30.2 Å². The molecule has 0 bridgehead atoms. The van der Waals surface area contributed by atoms with Gasteiger partial charge in [-0.15, -0.1) is 0 Å². The quantitative estimate of drug-likeness (QED) is 0.796. The summed E-state index contributed by atoms with van der Waals surface area (Å²) in [7, 11) is 0. The van der Waals surface area contributed by atoms with Crippen molar-refractivity contribution in [1.82, 2.24) is 0 Å². The van der Waals surface area contributed by atoms with Crippen molar-refractivity contribution in [3.05, 3.63) is 64.7 Å². The van der Waals surface area contributed by atoms with Gasteiger partial charge in [0.25, 0.3) is 0 Å². The fraction of sp³-hybridized carbons (Fsp3) is 0.188. The lowest BCUT2D eigenvalue weighted by atomic mass is 10.1. The monoisotopic (exact) mass is 271 g/mol. The average Bonchev–Trinajstić information content (AvgIpc) is 3.26. The standard InChI is InChI=1S/C16H14ClNO/c1-11(12-5-3-2-4-6-12)19-16-8-7-13(9-14(16)17)15-10-18-15/h2-11,15H,1H3/t11-,15?/m0/s1. The zero-order valence-electron chi connectivity index (χ0n) is 10.6. The first kappa shape index (κ1) is 12.2. The lowest BCUT2D eigenvalue weighted by Crippen LogP contribution is -2.03. The maximum Gasteiger partial charge on any atom is 0.138 e. The molecule has 1 aliphatic heterocycles. The van der Waals surface area contributed by atoms with Crippen LogP contribution in [0, 0.1) is 0 Å². The molecule has 0 spiro atoms. The highest BCUT2D eigenvalue weighted by molar-refractivity contribution is 6.32. The number of aliphatic imine (C=N–C) groups is 1. The third kappa shape index (κ3) is 2.79. The van der Waals surface area contributed by atoms with E-state index in [2.05, 4.69) is 4.99 Å². The van der Waals surface area contributed by atoms with Gasteiger partial charge in [-0.2, -0.15) is 0 Å². The van der Waals surface area contributed by atoms with E-state index >= 15 is 0 Å². The van der Waals surface area contributed by atoms with Crippen LogP contribution in [0.3, 0.4) is 0 Å². The van der Waals surface area contributed by atoms with Crippen LogP contribution in [-0.2, 0) is 0 Å². The van der Waals surface area contributed by atoms with Gasteiger partial charge < -0.3 is 4.74 Å². The number of hydrogen-bond acceptors (Lipinski definition) is 2. The Morgan fingerprint density at radius 1 is 1.16 bits per heavy atom. The Balaban J connectivity index is 1.76. The summed E-state index contributed by atoms with van der Waals surface area (Å²) in [5, 5.41) is 0.635. The topological polar surface area (TPSA) is 21.6 Å². The van der Waals surface area contributed by atoms with Gasteiger partial charge in [0.15, 0.2) is 0 Å². The van der Waals surface area contributed by atoms with Crippen LogP contribution >= 0.6 is 11.6 Å². The van der Waals surface area contributed by atoms with E-state index in [-0.39, 0.29) is 12.1 Å². The Morgan fingerprint density at radius 3 is 2.53 bits per heavy atom. The first-order valence-corrected chi connectivity index (χ1v) is 6.66. The smallest absolute Gasteiger partial charge is 0.138 e. The van der Waals surface area contributed by atoms with Crippen LogP contribution in [0.15, 0.2) is 53.5 Å². The van der Waals surface area contributed by atoms with Crippen molar-refractivity contribution in [1.29, 1.82) is 0 Å². The summed E-state index contributed by atoms with van der Waals surface area (Å²) in [6, 6.07) is 16.2. The summed E-state index contributed by atoms with van der Waals surface area (Å²) in [4.78, 5) is 4.13. The molecule has 2 aromatic carbocycles. The molecule has 0 amide bonds. The first-order chi connectivity index (χ1) is 9.24. The Hall–Kier alpha value is -1.80. The van der Waals surface area contributed by atoms with E-state index in [4.69, 9.17) is 16.3 Å². The van der Waals surface area contributed by atoms with Gasteiger partial charge in [0.05, 0.1) is 5.02 Å². The molecule has 1 unspecified atom stereocenters. The fourth-order valence-electron chi connectivity index (χ4n) is 1.99. The lowest BCUT2D eigenvalue weighted by molar-refractivity contribution is 0.227. The molecule has 3 heteroatoms. The molecule has 0 saturated heterocycles. The molecule has 0 saturated carbocycles. The van der Waals surface area contributed by atoms with Crippen LogP contribution in [0.2, 0.25) is 5.02 Å². The third-order valence-corrected chi connectivity index (χ3v) is 3.46. The Morgan fingerprint density at radius 2 is 1.89 bits per heavy atom. The highest BCUT2D eigenvalue weighted by atomic mass is 35.5. The van der Waals surface area contributed by atoms with Gasteiger partial charge in [0.2, 0.25) is 0 Å². The van der Waals surface area contributed by atoms with Crippen LogP contribution in [0.25, 0.3) is 0 Å². The van der Waals surface area contributed by atoms with E-state index in [0.717, 1.165) is 11.1 Å². The highest BCUT2D eigenvalue weighted by Gasteiger charge is 2.18. The van der Waals surface area contributed by atoms with Crippen molar-refractivity contribution >= 4 is 17.8 Å². The van der Waals surface area contributed by atoms with Crippen molar-refractivity contribution in [2.75, 3.05) is 0 Å². The third-order valence-electron chi connectivity index (χ3n) is 3.17. The summed E-state index contributed by atoms with van der Waals surface area (Å²) in [5.41, 5.74) is 2.25.